The molecule has 16 heavy (non-hydrogen) atoms. The van der Waals surface area contributed by atoms with Gasteiger partial charge in [-0.2, -0.15) is 13.2 Å². The van der Waals surface area contributed by atoms with E-state index in [1.807, 2.05) is 0 Å². The number of nitrogens with one attached hydrogen (secondary N) is 1. The maximum atomic E-state index is 12.0. The van der Waals surface area contributed by atoms with Crippen LogP contribution in [0.2, 0.25) is 0 Å². The van der Waals surface area contributed by atoms with Gasteiger partial charge >= 0.3 is 11.9 Å². The zero-order chi connectivity index (χ0) is 11.8. The van der Waals surface area contributed by atoms with Crippen LogP contribution in [0.4, 0.5) is 13.2 Å². The number of halogens is 3. The highest BCUT2D eigenvalue weighted by Crippen LogP contribution is 2.25. The monoisotopic (exact) mass is 251 g/mol. The molecular formula is C7H4F3N3O2S. The third kappa shape index (κ3) is 2.48. The summed E-state index contributed by atoms with van der Waals surface area (Å²) in [5, 5.41) is 4.59. The fraction of sp³-hybridized carbons (Fsp3) is 0.286. The van der Waals surface area contributed by atoms with E-state index in [-0.39, 0.29) is 16.5 Å². The summed E-state index contributed by atoms with van der Waals surface area (Å²) in [7, 11) is 0. The predicted octanol–water partition coefficient (Wildman–Crippen LogP) is 1.59. The molecule has 0 unspecified atom stereocenters. The molecule has 0 aliphatic heterocycles. The van der Waals surface area contributed by atoms with E-state index >= 15 is 0 Å². The Morgan fingerprint density at radius 2 is 2.25 bits per heavy atom. The number of hydrogen-bond donors (Lipinski definition) is 1. The summed E-state index contributed by atoms with van der Waals surface area (Å²) in [4.78, 5) is 16.5. The maximum absolute atomic E-state index is 12.0. The van der Waals surface area contributed by atoms with E-state index in [1.165, 1.54) is 5.38 Å². The van der Waals surface area contributed by atoms with Crippen molar-refractivity contribution >= 4 is 11.3 Å². The lowest BCUT2D eigenvalue weighted by Gasteiger charge is -2.01. The van der Waals surface area contributed by atoms with Crippen molar-refractivity contribution in [3.05, 3.63) is 20.9 Å². The molecule has 0 radical (unpaired) electrons. The van der Waals surface area contributed by atoms with Crippen molar-refractivity contribution in [1.29, 1.82) is 0 Å². The first kappa shape index (κ1) is 10.9. The van der Waals surface area contributed by atoms with E-state index in [4.69, 9.17) is 0 Å². The number of nitrogens with zero attached hydrogens (tertiary/aromatic N) is 2. The van der Waals surface area contributed by atoms with E-state index in [9.17, 15) is 18.0 Å². The van der Waals surface area contributed by atoms with Gasteiger partial charge in [0.1, 0.15) is 10.7 Å². The average Bonchev–Trinajstić information content (AvgIpc) is 2.71. The quantitative estimate of drug-likeness (QED) is 0.879. The normalized spacial score (nSPS) is 11.9. The second-order valence-electron chi connectivity index (χ2n) is 2.86. The lowest BCUT2D eigenvalue weighted by molar-refractivity contribution is -0.127. The van der Waals surface area contributed by atoms with Crippen molar-refractivity contribution in [1.82, 2.24) is 15.1 Å². The van der Waals surface area contributed by atoms with Gasteiger partial charge in [-0.15, -0.1) is 11.3 Å². The number of aromatic nitrogens is 3. The van der Waals surface area contributed by atoms with Crippen LogP contribution in [0.15, 0.2) is 14.7 Å². The zero-order valence-electron chi connectivity index (χ0n) is 7.54. The molecule has 2 aromatic rings. The van der Waals surface area contributed by atoms with Crippen LogP contribution >= 0.6 is 11.3 Å². The number of rotatable bonds is 2. The van der Waals surface area contributed by atoms with Gasteiger partial charge in [0, 0.05) is 5.38 Å². The van der Waals surface area contributed by atoms with Gasteiger partial charge in [-0.05, 0) is 0 Å². The standard InChI is InChI=1S/C7H4F3N3O2S/c8-7(9,10)1-4-11-3(2-16-4)5-12-6(14)15-13-5/h2H,1H2,(H,12,13,14). The van der Waals surface area contributed by atoms with Gasteiger partial charge in [0.05, 0.1) is 6.42 Å². The summed E-state index contributed by atoms with van der Waals surface area (Å²) in [6.45, 7) is 0. The lowest BCUT2D eigenvalue weighted by Crippen LogP contribution is -2.11. The van der Waals surface area contributed by atoms with Crippen LogP contribution in [0.25, 0.3) is 11.5 Å². The third-order valence-electron chi connectivity index (χ3n) is 1.59. The maximum Gasteiger partial charge on any atom is 0.439 e. The SMILES string of the molecule is O=c1[nH]c(-c2csc(CC(F)(F)F)n2)no1. The Morgan fingerprint density at radius 1 is 1.50 bits per heavy atom. The third-order valence-corrected chi connectivity index (χ3v) is 2.44. The highest BCUT2D eigenvalue weighted by molar-refractivity contribution is 7.09. The molecule has 2 aromatic heterocycles. The molecule has 0 amide bonds. The van der Waals surface area contributed by atoms with Gasteiger partial charge in [-0.1, -0.05) is 5.16 Å². The zero-order valence-corrected chi connectivity index (χ0v) is 8.35. The largest absolute Gasteiger partial charge is 0.439 e. The van der Waals surface area contributed by atoms with Crippen molar-refractivity contribution in [2.75, 3.05) is 0 Å². The lowest BCUT2D eigenvalue weighted by atomic mass is 10.4. The van der Waals surface area contributed by atoms with E-state index in [2.05, 4.69) is 19.6 Å². The number of hydrogen-bond acceptors (Lipinski definition) is 5. The first-order chi connectivity index (χ1) is 7.44. The van der Waals surface area contributed by atoms with E-state index < -0.39 is 18.4 Å². The first-order valence-electron chi connectivity index (χ1n) is 4.01. The molecule has 0 bridgehead atoms. The second-order valence-corrected chi connectivity index (χ2v) is 3.80. The minimum absolute atomic E-state index is 0.0228. The highest BCUT2D eigenvalue weighted by Gasteiger charge is 2.29. The summed E-state index contributed by atoms with van der Waals surface area (Å²) >= 11 is 0.846. The molecule has 2 rings (SSSR count). The summed E-state index contributed by atoms with van der Waals surface area (Å²) in [6.07, 6.45) is -5.40. The van der Waals surface area contributed by atoms with Crippen LogP contribution in [0, 0.1) is 0 Å². The predicted molar refractivity (Wildman–Crippen MR) is 48.0 cm³/mol. The Balaban J connectivity index is 2.23. The van der Waals surface area contributed by atoms with Crippen molar-refractivity contribution < 1.29 is 17.7 Å². The molecule has 86 valence electrons. The highest BCUT2D eigenvalue weighted by atomic mass is 32.1. The molecule has 0 fully saturated rings. The van der Waals surface area contributed by atoms with Crippen LogP contribution < -0.4 is 5.76 Å². The molecular weight excluding hydrogens is 247 g/mol. The van der Waals surface area contributed by atoms with Crippen LogP contribution in [-0.2, 0) is 6.42 Å². The Hall–Kier alpha value is -1.64. The number of H-pyrrole nitrogens is 1. The average molecular weight is 251 g/mol. The van der Waals surface area contributed by atoms with Crippen molar-refractivity contribution in [3.8, 4) is 11.5 Å². The van der Waals surface area contributed by atoms with Gasteiger partial charge in [0.2, 0.25) is 5.82 Å². The van der Waals surface area contributed by atoms with E-state index in [1.54, 1.807) is 0 Å². The molecule has 9 heteroatoms. The topological polar surface area (TPSA) is 71.8 Å². The Bertz CT molecular complexity index is 541. The molecule has 1 N–H and O–H groups in total. The number of thiazole rings is 1. The fourth-order valence-corrected chi connectivity index (χ4v) is 1.82. The molecule has 0 spiro atoms. The second kappa shape index (κ2) is 3.74. The Morgan fingerprint density at radius 3 is 2.81 bits per heavy atom. The molecule has 2 heterocycles. The Kier molecular flexibility index (Phi) is 2.54. The van der Waals surface area contributed by atoms with E-state index in [0.29, 0.717) is 0 Å². The fourth-order valence-electron chi connectivity index (χ4n) is 1.01. The van der Waals surface area contributed by atoms with Gasteiger partial charge in [-0.3, -0.25) is 9.51 Å². The summed E-state index contributed by atoms with van der Waals surface area (Å²) in [5.74, 6) is -0.755. The molecule has 0 saturated heterocycles. The summed E-state index contributed by atoms with van der Waals surface area (Å²) < 4.78 is 40.3. The van der Waals surface area contributed by atoms with Crippen molar-refractivity contribution in [2.45, 2.75) is 12.6 Å². The molecule has 0 atom stereocenters. The molecule has 0 aromatic carbocycles. The van der Waals surface area contributed by atoms with Gasteiger partial charge < -0.3 is 0 Å². The summed E-state index contributed by atoms with van der Waals surface area (Å²) in [5.41, 5.74) is 0.162. The molecule has 0 saturated carbocycles. The molecule has 5 nitrogen and oxygen atoms in total. The van der Waals surface area contributed by atoms with Crippen molar-refractivity contribution in [2.24, 2.45) is 0 Å². The van der Waals surface area contributed by atoms with E-state index in [0.717, 1.165) is 11.3 Å². The van der Waals surface area contributed by atoms with Crippen molar-refractivity contribution in [3.63, 3.8) is 0 Å². The van der Waals surface area contributed by atoms with Gasteiger partial charge in [0.15, 0.2) is 0 Å². The van der Waals surface area contributed by atoms with Gasteiger partial charge in [0.25, 0.3) is 0 Å². The minimum Gasteiger partial charge on any atom is -0.296 e. The number of aromatic amines is 1. The minimum atomic E-state index is -4.30. The van der Waals surface area contributed by atoms with Crippen LogP contribution in [0.5, 0.6) is 0 Å². The number of alkyl halides is 3. The van der Waals surface area contributed by atoms with Crippen LogP contribution in [0.1, 0.15) is 5.01 Å². The van der Waals surface area contributed by atoms with Crippen LogP contribution in [0.3, 0.4) is 0 Å². The molecule has 0 aliphatic carbocycles. The summed E-state index contributed by atoms with van der Waals surface area (Å²) in [6, 6.07) is 0. The molecule has 0 aliphatic rings. The smallest absolute Gasteiger partial charge is 0.296 e. The first-order valence-corrected chi connectivity index (χ1v) is 4.89. The van der Waals surface area contributed by atoms with Gasteiger partial charge in [-0.25, -0.2) is 9.78 Å². The van der Waals surface area contributed by atoms with Crippen LogP contribution in [-0.4, -0.2) is 21.3 Å². The Labute approximate surface area is 89.9 Å².